The summed E-state index contributed by atoms with van der Waals surface area (Å²) in [6.07, 6.45) is 1.08. The Balaban J connectivity index is 1.69. The van der Waals surface area contributed by atoms with Crippen LogP contribution in [-0.4, -0.2) is 25.6 Å². The predicted octanol–water partition coefficient (Wildman–Crippen LogP) is 2.90. The number of benzene rings is 1. The van der Waals surface area contributed by atoms with Crippen LogP contribution < -0.4 is 0 Å². The van der Waals surface area contributed by atoms with Crippen LogP contribution in [0.1, 0.15) is 11.7 Å². The first-order chi connectivity index (χ1) is 10.3. The Morgan fingerprint density at radius 3 is 2.71 bits per heavy atom. The lowest BCUT2D eigenvalue weighted by Gasteiger charge is -2.09. The fourth-order valence-corrected chi connectivity index (χ4v) is 2.86. The van der Waals surface area contributed by atoms with Gasteiger partial charge < -0.3 is 14.1 Å². The predicted molar refractivity (Wildman–Crippen MR) is 80.8 cm³/mol. The quantitative estimate of drug-likeness (QED) is 0.734. The summed E-state index contributed by atoms with van der Waals surface area (Å²) in [5.74, 6) is 1.88. The third-order valence-electron chi connectivity index (χ3n) is 3.13. The van der Waals surface area contributed by atoms with Crippen molar-refractivity contribution in [2.75, 3.05) is 5.75 Å². The summed E-state index contributed by atoms with van der Waals surface area (Å²) >= 11 is 1.47. The van der Waals surface area contributed by atoms with E-state index < -0.39 is 6.10 Å². The highest BCUT2D eigenvalue weighted by molar-refractivity contribution is 7.99. The van der Waals surface area contributed by atoms with E-state index in [1.54, 1.807) is 6.26 Å². The average Bonchev–Trinajstić information content (AvgIpc) is 3.15. The third kappa shape index (κ3) is 3.01. The fourth-order valence-electron chi connectivity index (χ4n) is 1.99. The summed E-state index contributed by atoms with van der Waals surface area (Å²) in [5, 5.41) is 19.2. The Morgan fingerprint density at radius 1 is 1.19 bits per heavy atom. The van der Waals surface area contributed by atoms with Crippen LogP contribution in [0.5, 0.6) is 0 Å². The van der Waals surface area contributed by atoms with Gasteiger partial charge in [0, 0.05) is 12.8 Å². The molecule has 3 rings (SSSR count). The van der Waals surface area contributed by atoms with Crippen molar-refractivity contribution in [3.63, 3.8) is 0 Å². The van der Waals surface area contributed by atoms with E-state index in [0.717, 1.165) is 10.7 Å². The molecule has 0 bridgehead atoms. The number of aliphatic hydroxyl groups excluding tert-OH is 1. The molecule has 1 N–H and O–H groups in total. The lowest BCUT2D eigenvalue weighted by atomic mass is 10.1. The molecule has 1 atom stereocenters. The molecule has 1 aromatic carbocycles. The number of aliphatic hydroxyl groups is 1. The number of hydrogen-bond donors (Lipinski definition) is 1. The summed E-state index contributed by atoms with van der Waals surface area (Å²) in [6, 6.07) is 13.3. The normalized spacial score (nSPS) is 12.5. The molecule has 3 aromatic rings. The summed E-state index contributed by atoms with van der Waals surface area (Å²) in [6.45, 7) is 0. The number of furan rings is 1. The first-order valence-corrected chi connectivity index (χ1v) is 7.53. The number of aromatic nitrogens is 3. The molecule has 5 nitrogen and oxygen atoms in total. The molecular formula is C15H15N3O2S. The molecule has 0 aliphatic carbocycles. The highest BCUT2D eigenvalue weighted by Crippen LogP contribution is 2.26. The zero-order valence-corrected chi connectivity index (χ0v) is 12.3. The molecule has 2 heterocycles. The van der Waals surface area contributed by atoms with Gasteiger partial charge in [-0.3, -0.25) is 0 Å². The highest BCUT2D eigenvalue weighted by atomic mass is 32.2. The zero-order valence-electron chi connectivity index (χ0n) is 11.5. The summed E-state index contributed by atoms with van der Waals surface area (Å²) in [5.41, 5.74) is 0.901. The topological polar surface area (TPSA) is 64.1 Å². The van der Waals surface area contributed by atoms with Crippen LogP contribution in [-0.2, 0) is 7.05 Å². The largest absolute Gasteiger partial charge is 0.461 e. The monoisotopic (exact) mass is 301 g/mol. The van der Waals surface area contributed by atoms with Crippen LogP contribution >= 0.6 is 11.8 Å². The van der Waals surface area contributed by atoms with Crippen molar-refractivity contribution in [1.29, 1.82) is 0 Å². The van der Waals surface area contributed by atoms with Crippen LogP contribution in [0.4, 0.5) is 0 Å². The van der Waals surface area contributed by atoms with Gasteiger partial charge in [0.05, 0.1) is 12.4 Å². The molecule has 108 valence electrons. The van der Waals surface area contributed by atoms with Gasteiger partial charge in [-0.2, -0.15) is 0 Å². The lowest BCUT2D eigenvalue weighted by Crippen LogP contribution is -2.02. The van der Waals surface area contributed by atoms with Crippen LogP contribution in [0.25, 0.3) is 11.6 Å². The van der Waals surface area contributed by atoms with Crippen molar-refractivity contribution in [1.82, 2.24) is 14.8 Å². The molecule has 0 aliphatic rings. The maximum Gasteiger partial charge on any atom is 0.200 e. The van der Waals surface area contributed by atoms with E-state index in [-0.39, 0.29) is 0 Å². The smallest absolute Gasteiger partial charge is 0.200 e. The lowest BCUT2D eigenvalue weighted by molar-refractivity contribution is 0.204. The van der Waals surface area contributed by atoms with Crippen molar-refractivity contribution >= 4 is 11.8 Å². The van der Waals surface area contributed by atoms with Crippen molar-refractivity contribution in [2.45, 2.75) is 11.3 Å². The van der Waals surface area contributed by atoms with Crippen molar-refractivity contribution in [2.24, 2.45) is 7.05 Å². The van der Waals surface area contributed by atoms with Crippen molar-refractivity contribution < 1.29 is 9.52 Å². The standard InChI is InChI=1S/C15H15N3O2S/c1-18-14(13-8-5-9-20-13)16-17-15(18)21-10-12(19)11-6-3-2-4-7-11/h2-9,12,19H,10H2,1H3. The molecule has 0 aliphatic heterocycles. The molecule has 2 aromatic heterocycles. The second-order valence-corrected chi connectivity index (χ2v) is 5.57. The van der Waals surface area contributed by atoms with Gasteiger partial charge in [-0.05, 0) is 17.7 Å². The first-order valence-electron chi connectivity index (χ1n) is 6.55. The van der Waals surface area contributed by atoms with Gasteiger partial charge >= 0.3 is 0 Å². The molecule has 0 radical (unpaired) electrons. The Bertz CT molecular complexity index is 695. The van der Waals surface area contributed by atoms with E-state index >= 15 is 0 Å². The maximum atomic E-state index is 10.2. The molecule has 21 heavy (non-hydrogen) atoms. The molecule has 0 saturated heterocycles. The maximum absolute atomic E-state index is 10.2. The molecule has 6 heteroatoms. The number of hydrogen-bond acceptors (Lipinski definition) is 5. The minimum atomic E-state index is -0.528. The molecule has 0 fully saturated rings. The Labute approximate surface area is 126 Å². The van der Waals surface area contributed by atoms with E-state index in [0.29, 0.717) is 17.3 Å². The SMILES string of the molecule is Cn1c(SCC(O)c2ccccc2)nnc1-c1ccco1. The Hall–Kier alpha value is -2.05. The molecule has 1 unspecified atom stereocenters. The molecular weight excluding hydrogens is 286 g/mol. The first kappa shape index (κ1) is 13.9. The molecule has 0 saturated carbocycles. The average molecular weight is 301 g/mol. The number of thioether (sulfide) groups is 1. The van der Waals surface area contributed by atoms with Crippen molar-refractivity contribution in [3.05, 3.63) is 54.3 Å². The van der Waals surface area contributed by atoms with Gasteiger partial charge in [0.2, 0.25) is 0 Å². The van der Waals surface area contributed by atoms with Gasteiger partial charge in [-0.25, -0.2) is 0 Å². The van der Waals surface area contributed by atoms with E-state index in [4.69, 9.17) is 4.42 Å². The van der Waals surface area contributed by atoms with Crippen LogP contribution in [0.2, 0.25) is 0 Å². The summed E-state index contributed by atoms with van der Waals surface area (Å²) in [4.78, 5) is 0. The van der Waals surface area contributed by atoms with Crippen LogP contribution in [0.15, 0.2) is 58.3 Å². The van der Waals surface area contributed by atoms with Crippen LogP contribution in [0.3, 0.4) is 0 Å². The van der Waals surface area contributed by atoms with Gasteiger partial charge in [0.25, 0.3) is 0 Å². The van der Waals surface area contributed by atoms with E-state index in [9.17, 15) is 5.11 Å². The van der Waals surface area contributed by atoms with E-state index in [2.05, 4.69) is 10.2 Å². The van der Waals surface area contributed by atoms with Crippen LogP contribution in [0, 0.1) is 0 Å². The molecule has 0 spiro atoms. The Morgan fingerprint density at radius 2 is 2.00 bits per heavy atom. The zero-order chi connectivity index (χ0) is 14.7. The number of nitrogens with zero attached hydrogens (tertiary/aromatic N) is 3. The Kier molecular flexibility index (Phi) is 4.08. The number of rotatable bonds is 5. The van der Waals surface area contributed by atoms with Gasteiger partial charge in [0.1, 0.15) is 0 Å². The minimum absolute atomic E-state index is 0.522. The van der Waals surface area contributed by atoms with Crippen molar-refractivity contribution in [3.8, 4) is 11.6 Å². The molecule has 0 amide bonds. The second-order valence-electron chi connectivity index (χ2n) is 4.58. The summed E-state index contributed by atoms with van der Waals surface area (Å²) < 4.78 is 7.19. The fraction of sp³-hybridized carbons (Fsp3) is 0.200. The second kappa shape index (κ2) is 6.15. The van der Waals surface area contributed by atoms with Gasteiger partial charge in [0.15, 0.2) is 16.7 Å². The van der Waals surface area contributed by atoms with Gasteiger partial charge in [-0.15, -0.1) is 10.2 Å². The van der Waals surface area contributed by atoms with E-state index in [1.807, 2.05) is 54.1 Å². The van der Waals surface area contributed by atoms with Gasteiger partial charge in [-0.1, -0.05) is 42.1 Å². The highest BCUT2D eigenvalue weighted by Gasteiger charge is 2.15. The van der Waals surface area contributed by atoms with E-state index in [1.165, 1.54) is 11.8 Å². The third-order valence-corrected chi connectivity index (χ3v) is 4.23. The summed E-state index contributed by atoms with van der Waals surface area (Å²) in [7, 11) is 1.88. The minimum Gasteiger partial charge on any atom is -0.461 e.